The largest absolute Gasteiger partial charge is 0.493 e. The average Bonchev–Trinajstić information content (AvgIpc) is 3.15. The minimum absolute atomic E-state index is 0.0523. The molecule has 2 aliphatic rings. The van der Waals surface area contributed by atoms with Crippen LogP contribution in [0.4, 0.5) is 5.69 Å². The molecule has 8 heteroatoms. The molecule has 180 valence electrons. The predicted molar refractivity (Wildman–Crippen MR) is 129 cm³/mol. The van der Waals surface area contributed by atoms with E-state index in [9.17, 15) is 14.4 Å². The van der Waals surface area contributed by atoms with Gasteiger partial charge in [0, 0.05) is 44.0 Å². The third kappa shape index (κ3) is 4.92. The van der Waals surface area contributed by atoms with Crippen LogP contribution in [0.1, 0.15) is 29.3 Å². The van der Waals surface area contributed by atoms with E-state index in [0.29, 0.717) is 43.1 Å². The van der Waals surface area contributed by atoms with Crippen LogP contribution in [0, 0.1) is 0 Å². The van der Waals surface area contributed by atoms with Crippen LogP contribution in [0.3, 0.4) is 0 Å². The highest BCUT2D eigenvalue weighted by molar-refractivity contribution is 6.05. The van der Waals surface area contributed by atoms with E-state index >= 15 is 0 Å². The zero-order valence-electron chi connectivity index (χ0n) is 20.0. The second kappa shape index (κ2) is 10.3. The molecule has 2 aromatic carbocycles. The Morgan fingerprint density at radius 1 is 0.941 bits per heavy atom. The molecule has 1 unspecified atom stereocenters. The second-order valence-corrected chi connectivity index (χ2v) is 8.67. The van der Waals surface area contributed by atoms with Crippen molar-refractivity contribution in [2.45, 2.75) is 25.8 Å². The molecular weight excluding hydrogens is 434 g/mol. The number of methoxy groups -OCH3 is 2. The van der Waals surface area contributed by atoms with Crippen LogP contribution in [-0.2, 0) is 16.0 Å². The molecule has 2 amide bonds. The van der Waals surface area contributed by atoms with Crippen molar-refractivity contribution in [3.63, 3.8) is 0 Å². The number of carbonyl (C=O) groups excluding carboxylic acids is 3. The summed E-state index contributed by atoms with van der Waals surface area (Å²) in [5.74, 6) is 1.11. The van der Waals surface area contributed by atoms with Gasteiger partial charge in [-0.1, -0.05) is 6.07 Å². The zero-order chi connectivity index (χ0) is 24.2. The topological polar surface area (TPSA) is 79.4 Å². The van der Waals surface area contributed by atoms with E-state index in [1.807, 2.05) is 42.5 Å². The maximum atomic E-state index is 13.1. The predicted octanol–water partition coefficient (Wildman–Crippen LogP) is 2.40. The summed E-state index contributed by atoms with van der Waals surface area (Å²) in [6, 6.07) is 12.9. The molecule has 0 radical (unpaired) electrons. The molecule has 2 heterocycles. The molecule has 0 N–H and O–H groups in total. The van der Waals surface area contributed by atoms with Gasteiger partial charge in [-0.2, -0.15) is 0 Å². The van der Waals surface area contributed by atoms with Gasteiger partial charge in [-0.15, -0.1) is 0 Å². The molecule has 0 spiro atoms. The lowest BCUT2D eigenvalue weighted by molar-refractivity contribution is -0.139. The number of amides is 2. The molecule has 4 rings (SSSR count). The molecule has 2 aliphatic heterocycles. The standard InChI is InChI=1S/C26H31N3O5/c1-18(30)20-5-7-21(8-6-20)27-12-14-28(15-13-27)22-17-25(31)29(26(22)32)11-10-19-4-9-23(33-2)24(16-19)34-3/h4-9,16,22H,10-15,17H2,1-3H3. The zero-order valence-corrected chi connectivity index (χ0v) is 20.0. The summed E-state index contributed by atoms with van der Waals surface area (Å²) < 4.78 is 10.6. The van der Waals surface area contributed by atoms with E-state index in [0.717, 1.165) is 24.3 Å². The molecule has 0 aliphatic carbocycles. The maximum absolute atomic E-state index is 13.1. The van der Waals surface area contributed by atoms with Gasteiger partial charge in [0.05, 0.1) is 26.7 Å². The number of rotatable bonds is 8. The second-order valence-electron chi connectivity index (χ2n) is 8.67. The van der Waals surface area contributed by atoms with Crippen LogP contribution in [-0.4, -0.2) is 80.4 Å². The Morgan fingerprint density at radius 3 is 2.24 bits per heavy atom. The summed E-state index contributed by atoms with van der Waals surface area (Å²) in [6.45, 7) is 4.87. The first-order valence-electron chi connectivity index (χ1n) is 11.6. The summed E-state index contributed by atoms with van der Waals surface area (Å²) in [4.78, 5) is 43.0. The van der Waals surface area contributed by atoms with Crippen molar-refractivity contribution in [2.75, 3.05) is 51.8 Å². The first-order valence-corrected chi connectivity index (χ1v) is 11.6. The number of carbonyl (C=O) groups is 3. The van der Waals surface area contributed by atoms with Crippen molar-refractivity contribution < 1.29 is 23.9 Å². The normalized spacial score (nSPS) is 19.0. The Hall–Kier alpha value is -3.39. The Morgan fingerprint density at radius 2 is 1.62 bits per heavy atom. The van der Waals surface area contributed by atoms with Crippen molar-refractivity contribution in [2.24, 2.45) is 0 Å². The number of Topliss-reactive ketones (excluding diaryl/α,β-unsaturated/α-hetero) is 1. The molecule has 1 atom stereocenters. The van der Waals surface area contributed by atoms with Gasteiger partial charge in [0.15, 0.2) is 17.3 Å². The lowest BCUT2D eigenvalue weighted by Gasteiger charge is -2.38. The molecule has 0 saturated carbocycles. The number of nitrogens with zero attached hydrogens (tertiary/aromatic N) is 3. The van der Waals surface area contributed by atoms with Crippen molar-refractivity contribution in [3.8, 4) is 11.5 Å². The van der Waals surface area contributed by atoms with Crippen LogP contribution < -0.4 is 14.4 Å². The Bertz CT molecular complexity index is 1060. The van der Waals surface area contributed by atoms with Crippen molar-refractivity contribution >= 4 is 23.3 Å². The van der Waals surface area contributed by atoms with Gasteiger partial charge in [0.25, 0.3) is 0 Å². The van der Waals surface area contributed by atoms with E-state index in [2.05, 4.69) is 9.80 Å². The molecule has 2 aromatic rings. The number of hydrogen-bond donors (Lipinski definition) is 0. The molecule has 2 fully saturated rings. The first kappa shape index (κ1) is 23.8. The van der Waals surface area contributed by atoms with Crippen LogP contribution in [0.5, 0.6) is 11.5 Å². The SMILES string of the molecule is COc1ccc(CCN2C(=O)CC(N3CCN(c4ccc(C(C)=O)cc4)CC3)C2=O)cc1OC. The van der Waals surface area contributed by atoms with Gasteiger partial charge in [-0.25, -0.2) is 0 Å². The van der Waals surface area contributed by atoms with Crippen molar-refractivity contribution in [3.05, 3.63) is 53.6 Å². The molecular formula is C26H31N3O5. The highest BCUT2D eigenvalue weighted by Crippen LogP contribution is 2.28. The molecule has 8 nitrogen and oxygen atoms in total. The summed E-state index contributed by atoms with van der Waals surface area (Å²) in [6.07, 6.45) is 0.798. The van der Waals surface area contributed by atoms with Gasteiger partial charge in [-0.3, -0.25) is 24.2 Å². The third-order valence-corrected chi connectivity index (χ3v) is 6.69. The Balaban J connectivity index is 1.33. The fraction of sp³-hybridized carbons (Fsp3) is 0.423. The number of piperazine rings is 1. The van der Waals surface area contributed by atoms with Crippen LogP contribution in [0.25, 0.3) is 0 Å². The molecule has 2 saturated heterocycles. The monoisotopic (exact) mass is 465 g/mol. The molecule has 0 bridgehead atoms. The lowest BCUT2D eigenvalue weighted by Crippen LogP contribution is -2.52. The summed E-state index contributed by atoms with van der Waals surface area (Å²) in [7, 11) is 3.17. The van der Waals surface area contributed by atoms with Crippen LogP contribution in [0.15, 0.2) is 42.5 Å². The summed E-state index contributed by atoms with van der Waals surface area (Å²) >= 11 is 0. The third-order valence-electron chi connectivity index (χ3n) is 6.69. The first-order chi connectivity index (χ1) is 16.4. The Kier molecular flexibility index (Phi) is 7.17. The van der Waals surface area contributed by atoms with Gasteiger partial charge in [-0.05, 0) is 55.3 Å². The van der Waals surface area contributed by atoms with Gasteiger partial charge >= 0.3 is 0 Å². The van der Waals surface area contributed by atoms with E-state index in [1.165, 1.54) is 4.90 Å². The number of benzene rings is 2. The number of hydrogen-bond acceptors (Lipinski definition) is 7. The fourth-order valence-corrected chi connectivity index (χ4v) is 4.66. The van der Waals surface area contributed by atoms with Crippen molar-refractivity contribution in [1.82, 2.24) is 9.80 Å². The van der Waals surface area contributed by atoms with E-state index in [4.69, 9.17) is 9.47 Å². The summed E-state index contributed by atoms with van der Waals surface area (Å²) in [5, 5.41) is 0. The smallest absolute Gasteiger partial charge is 0.247 e. The quantitative estimate of drug-likeness (QED) is 0.438. The minimum atomic E-state index is -0.389. The van der Waals surface area contributed by atoms with E-state index in [1.54, 1.807) is 21.1 Å². The summed E-state index contributed by atoms with van der Waals surface area (Å²) in [5.41, 5.74) is 2.74. The van der Waals surface area contributed by atoms with Gasteiger partial charge in [0.1, 0.15) is 0 Å². The highest BCUT2D eigenvalue weighted by Gasteiger charge is 2.42. The van der Waals surface area contributed by atoms with E-state index in [-0.39, 0.29) is 30.1 Å². The van der Waals surface area contributed by atoms with Gasteiger partial charge < -0.3 is 14.4 Å². The fourth-order valence-electron chi connectivity index (χ4n) is 4.66. The van der Waals surface area contributed by atoms with Crippen LogP contribution in [0.2, 0.25) is 0 Å². The molecule has 34 heavy (non-hydrogen) atoms. The number of ketones is 1. The molecule has 0 aromatic heterocycles. The van der Waals surface area contributed by atoms with Crippen LogP contribution >= 0.6 is 0 Å². The van der Waals surface area contributed by atoms with Gasteiger partial charge in [0.2, 0.25) is 11.8 Å². The maximum Gasteiger partial charge on any atom is 0.247 e. The number of likely N-dealkylation sites (tertiary alicyclic amines) is 1. The minimum Gasteiger partial charge on any atom is -0.493 e. The number of ether oxygens (including phenoxy) is 2. The van der Waals surface area contributed by atoms with E-state index < -0.39 is 0 Å². The highest BCUT2D eigenvalue weighted by atomic mass is 16.5. The lowest BCUT2D eigenvalue weighted by atomic mass is 10.1. The van der Waals surface area contributed by atoms with Crippen molar-refractivity contribution in [1.29, 1.82) is 0 Å². The average molecular weight is 466 g/mol. The number of anilines is 1. The number of imide groups is 1. The Labute approximate surface area is 200 Å².